The maximum absolute atomic E-state index is 13.3. The zero-order valence-electron chi connectivity index (χ0n) is 10.3. The number of carbonyl (C=O) groups is 1. The van der Waals surface area contributed by atoms with Crippen molar-refractivity contribution < 1.29 is 17.6 Å². The summed E-state index contributed by atoms with van der Waals surface area (Å²) in [6.07, 6.45) is 2.98. The largest absolute Gasteiger partial charge is 0.324 e. The quantitative estimate of drug-likeness (QED) is 0.794. The SMILES string of the molecule is O=C1Nc2ccc(F)cc2S(=O)(=O)C12CCCCC2. The van der Waals surface area contributed by atoms with E-state index in [2.05, 4.69) is 5.32 Å². The fourth-order valence-electron chi connectivity index (χ4n) is 3.01. The summed E-state index contributed by atoms with van der Waals surface area (Å²) in [4.78, 5) is 12.2. The van der Waals surface area contributed by atoms with E-state index in [-0.39, 0.29) is 10.6 Å². The number of hydrogen-bond donors (Lipinski definition) is 1. The Kier molecular flexibility index (Phi) is 2.67. The number of anilines is 1. The minimum atomic E-state index is -3.83. The van der Waals surface area contributed by atoms with Gasteiger partial charge >= 0.3 is 0 Å². The van der Waals surface area contributed by atoms with Crippen LogP contribution in [-0.2, 0) is 14.6 Å². The molecule has 1 aromatic rings. The molecule has 1 aliphatic carbocycles. The molecular formula is C13H14FNO3S. The Morgan fingerprint density at radius 2 is 1.84 bits per heavy atom. The van der Waals surface area contributed by atoms with Crippen molar-refractivity contribution in [3.63, 3.8) is 0 Å². The van der Waals surface area contributed by atoms with E-state index in [4.69, 9.17) is 0 Å². The zero-order valence-corrected chi connectivity index (χ0v) is 11.1. The number of nitrogens with one attached hydrogen (secondary N) is 1. The third-order valence-electron chi connectivity index (χ3n) is 4.07. The van der Waals surface area contributed by atoms with Gasteiger partial charge in [0.25, 0.3) is 0 Å². The Morgan fingerprint density at radius 3 is 2.53 bits per heavy atom. The number of fused-ring (bicyclic) bond motifs is 1. The Balaban J connectivity index is 2.23. The molecule has 1 fully saturated rings. The Labute approximate surface area is 110 Å². The number of rotatable bonds is 0. The Hall–Kier alpha value is -1.43. The third-order valence-corrected chi connectivity index (χ3v) is 6.61. The summed E-state index contributed by atoms with van der Waals surface area (Å²) in [6, 6.07) is 3.45. The number of benzene rings is 1. The molecule has 1 saturated carbocycles. The molecule has 1 heterocycles. The average Bonchev–Trinajstić information content (AvgIpc) is 2.40. The molecule has 1 aromatic carbocycles. The van der Waals surface area contributed by atoms with Gasteiger partial charge in [-0.05, 0) is 31.0 Å². The van der Waals surface area contributed by atoms with Gasteiger partial charge in [-0.25, -0.2) is 12.8 Å². The number of sulfone groups is 1. The molecule has 2 aliphatic rings. The molecule has 0 radical (unpaired) electrons. The van der Waals surface area contributed by atoms with E-state index in [1.807, 2.05) is 0 Å². The molecule has 0 bridgehead atoms. The van der Waals surface area contributed by atoms with E-state index in [9.17, 15) is 17.6 Å². The van der Waals surface area contributed by atoms with Gasteiger partial charge in [0, 0.05) is 0 Å². The third kappa shape index (κ3) is 1.62. The molecule has 3 rings (SSSR count). The first kappa shape index (κ1) is 12.6. The minimum absolute atomic E-state index is 0.0889. The van der Waals surface area contributed by atoms with Crippen molar-refractivity contribution >= 4 is 21.4 Å². The van der Waals surface area contributed by atoms with Gasteiger partial charge in [-0.15, -0.1) is 0 Å². The summed E-state index contributed by atoms with van der Waals surface area (Å²) in [5.74, 6) is -1.07. The first-order chi connectivity index (χ1) is 8.97. The molecule has 0 atom stereocenters. The van der Waals surface area contributed by atoms with E-state index >= 15 is 0 Å². The van der Waals surface area contributed by atoms with E-state index < -0.39 is 26.3 Å². The summed E-state index contributed by atoms with van der Waals surface area (Å²) >= 11 is 0. The normalized spacial score (nSPS) is 23.7. The summed E-state index contributed by atoms with van der Waals surface area (Å²) in [6.45, 7) is 0. The van der Waals surface area contributed by atoms with Crippen molar-refractivity contribution in [1.82, 2.24) is 0 Å². The average molecular weight is 283 g/mol. The lowest BCUT2D eigenvalue weighted by atomic mass is 9.87. The van der Waals surface area contributed by atoms with Gasteiger partial charge in [0.2, 0.25) is 5.91 Å². The van der Waals surface area contributed by atoms with Gasteiger partial charge in [0.05, 0.1) is 10.6 Å². The Morgan fingerprint density at radius 1 is 1.16 bits per heavy atom. The number of hydrogen-bond acceptors (Lipinski definition) is 3. The molecule has 1 amide bonds. The molecule has 102 valence electrons. The van der Waals surface area contributed by atoms with Crippen molar-refractivity contribution in [1.29, 1.82) is 0 Å². The van der Waals surface area contributed by atoms with Gasteiger partial charge in [0.1, 0.15) is 5.82 Å². The lowest BCUT2D eigenvalue weighted by Gasteiger charge is -2.38. The van der Waals surface area contributed by atoms with Crippen LogP contribution in [0.3, 0.4) is 0 Å². The number of halogens is 1. The molecule has 6 heteroatoms. The highest BCUT2D eigenvalue weighted by atomic mass is 32.2. The van der Waals surface area contributed by atoms with Crippen LogP contribution in [0.25, 0.3) is 0 Å². The number of carbonyl (C=O) groups excluding carboxylic acids is 1. The fraction of sp³-hybridized carbons (Fsp3) is 0.462. The van der Waals surface area contributed by atoms with Crippen LogP contribution < -0.4 is 5.32 Å². The van der Waals surface area contributed by atoms with Crippen LogP contribution in [0.2, 0.25) is 0 Å². The maximum atomic E-state index is 13.3. The van der Waals surface area contributed by atoms with Gasteiger partial charge in [-0.1, -0.05) is 19.3 Å². The van der Waals surface area contributed by atoms with E-state index in [1.54, 1.807) is 0 Å². The van der Waals surface area contributed by atoms with Crippen LogP contribution in [0.1, 0.15) is 32.1 Å². The highest BCUT2D eigenvalue weighted by Gasteiger charge is 2.55. The van der Waals surface area contributed by atoms with Gasteiger partial charge < -0.3 is 5.32 Å². The maximum Gasteiger partial charge on any atom is 0.246 e. The molecular weight excluding hydrogens is 269 g/mol. The summed E-state index contributed by atoms with van der Waals surface area (Å²) in [7, 11) is -3.83. The summed E-state index contributed by atoms with van der Waals surface area (Å²) in [5.41, 5.74) is 0.183. The van der Waals surface area contributed by atoms with Crippen LogP contribution in [0, 0.1) is 5.82 Å². The van der Waals surface area contributed by atoms with Crippen molar-refractivity contribution in [2.75, 3.05) is 5.32 Å². The van der Waals surface area contributed by atoms with Crippen molar-refractivity contribution in [2.24, 2.45) is 0 Å². The smallest absolute Gasteiger partial charge is 0.246 e. The molecule has 0 unspecified atom stereocenters. The van der Waals surface area contributed by atoms with Gasteiger partial charge in [-0.2, -0.15) is 0 Å². The molecule has 1 spiro atoms. The predicted octanol–water partition coefficient (Wildman–Crippen LogP) is 2.25. The lowest BCUT2D eigenvalue weighted by Crippen LogP contribution is -2.53. The molecule has 1 N–H and O–H groups in total. The van der Waals surface area contributed by atoms with Crippen LogP contribution in [0.4, 0.5) is 10.1 Å². The standard InChI is InChI=1S/C13H14FNO3S/c14-9-4-5-10-11(8-9)19(17,18)13(12(16)15-10)6-2-1-3-7-13/h4-5,8H,1-3,6-7H2,(H,15,16). The van der Waals surface area contributed by atoms with Crippen molar-refractivity contribution in [3.8, 4) is 0 Å². The van der Waals surface area contributed by atoms with E-state index in [0.717, 1.165) is 18.6 Å². The molecule has 1 aliphatic heterocycles. The van der Waals surface area contributed by atoms with Crippen LogP contribution in [0.5, 0.6) is 0 Å². The molecule has 0 saturated heterocycles. The fourth-order valence-corrected chi connectivity index (χ4v) is 5.23. The van der Waals surface area contributed by atoms with Crippen LogP contribution in [0.15, 0.2) is 23.1 Å². The van der Waals surface area contributed by atoms with Crippen LogP contribution in [-0.4, -0.2) is 19.1 Å². The lowest BCUT2D eigenvalue weighted by molar-refractivity contribution is -0.119. The first-order valence-corrected chi connectivity index (χ1v) is 7.81. The molecule has 4 nitrogen and oxygen atoms in total. The van der Waals surface area contributed by atoms with Crippen LogP contribution >= 0.6 is 0 Å². The molecule has 0 aromatic heterocycles. The second-order valence-corrected chi connectivity index (χ2v) is 7.38. The summed E-state index contributed by atoms with van der Waals surface area (Å²) < 4.78 is 37.3. The predicted molar refractivity (Wildman–Crippen MR) is 68.0 cm³/mol. The van der Waals surface area contributed by atoms with Crippen molar-refractivity contribution in [2.45, 2.75) is 41.7 Å². The first-order valence-electron chi connectivity index (χ1n) is 6.33. The monoisotopic (exact) mass is 283 g/mol. The zero-order chi connectivity index (χ0) is 13.7. The van der Waals surface area contributed by atoms with Crippen molar-refractivity contribution in [3.05, 3.63) is 24.0 Å². The van der Waals surface area contributed by atoms with E-state index in [0.29, 0.717) is 25.7 Å². The second kappa shape index (κ2) is 4.03. The second-order valence-electron chi connectivity index (χ2n) is 5.15. The number of amides is 1. The highest BCUT2D eigenvalue weighted by molar-refractivity contribution is 7.94. The van der Waals surface area contributed by atoms with Gasteiger partial charge in [0.15, 0.2) is 14.6 Å². The molecule has 19 heavy (non-hydrogen) atoms. The minimum Gasteiger partial charge on any atom is -0.324 e. The Bertz CT molecular complexity index is 648. The summed E-state index contributed by atoms with van der Waals surface area (Å²) in [5, 5.41) is 2.62. The van der Waals surface area contributed by atoms with E-state index in [1.165, 1.54) is 6.07 Å². The van der Waals surface area contributed by atoms with Gasteiger partial charge in [-0.3, -0.25) is 4.79 Å². The topological polar surface area (TPSA) is 63.2 Å². The highest BCUT2D eigenvalue weighted by Crippen LogP contribution is 2.45.